The van der Waals surface area contributed by atoms with Crippen molar-refractivity contribution in [1.82, 2.24) is 14.1 Å². The van der Waals surface area contributed by atoms with Gasteiger partial charge in [0, 0.05) is 24.5 Å². The number of rotatable bonds is 2. The maximum absolute atomic E-state index is 11.8. The average Bonchev–Trinajstić information content (AvgIpc) is 2.48. The van der Waals surface area contributed by atoms with Gasteiger partial charge < -0.3 is 0 Å². The summed E-state index contributed by atoms with van der Waals surface area (Å²) in [4.78, 5) is 27.9. The summed E-state index contributed by atoms with van der Waals surface area (Å²) < 4.78 is 2.86. The molecule has 3 rings (SSSR count). The van der Waals surface area contributed by atoms with E-state index in [0.29, 0.717) is 11.6 Å². The SMILES string of the molecule is O=c1ccccn1-c1cccc(-n2ccccc2=O)n1. The highest BCUT2D eigenvalue weighted by atomic mass is 16.1. The van der Waals surface area contributed by atoms with Crippen molar-refractivity contribution in [3.05, 3.63) is 87.7 Å². The minimum Gasteiger partial charge on any atom is -0.269 e. The largest absolute Gasteiger partial charge is 0.269 e. The first-order chi connectivity index (χ1) is 9.75. The molecule has 0 radical (unpaired) electrons. The first kappa shape index (κ1) is 12.1. The molecule has 0 aromatic carbocycles. The van der Waals surface area contributed by atoms with Gasteiger partial charge in [-0.15, -0.1) is 0 Å². The summed E-state index contributed by atoms with van der Waals surface area (Å²) >= 11 is 0. The van der Waals surface area contributed by atoms with Gasteiger partial charge in [0.15, 0.2) is 0 Å². The molecule has 3 aromatic rings. The Morgan fingerprint density at radius 3 is 1.60 bits per heavy atom. The Bertz CT molecular complexity index is 796. The Labute approximate surface area is 114 Å². The van der Waals surface area contributed by atoms with Crippen LogP contribution in [0.5, 0.6) is 0 Å². The lowest BCUT2D eigenvalue weighted by atomic mass is 10.4. The molecular weight excluding hydrogens is 254 g/mol. The van der Waals surface area contributed by atoms with Gasteiger partial charge >= 0.3 is 0 Å². The summed E-state index contributed by atoms with van der Waals surface area (Å²) in [5, 5.41) is 0. The van der Waals surface area contributed by atoms with Crippen molar-refractivity contribution in [1.29, 1.82) is 0 Å². The lowest BCUT2D eigenvalue weighted by Crippen LogP contribution is -2.20. The van der Waals surface area contributed by atoms with Gasteiger partial charge in [0.2, 0.25) is 0 Å². The van der Waals surface area contributed by atoms with Crippen LogP contribution in [0.2, 0.25) is 0 Å². The van der Waals surface area contributed by atoms with Gasteiger partial charge in [0.1, 0.15) is 11.6 Å². The number of pyridine rings is 3. The van der Waals surface area contributed by atoms with E-state index in [2.05, 4.69) is 4.98 Å². The van der Waals surface area contributed by atoms with Gasteiger partial charge in [-0.1, -0.05) is 18.2 Å². The van der Waals surface area contributed by atoms with E-state index in [1.165, 1.54) is 21.3 Å². The van der Waals surface area contributed by atoms with Gasteiger partial charge in [-0.2, -0.15) is 0 Å². The summed E-state index contributed by atoms with van der Waals surface area (Å²) in [5.41, 5.74) is -0.338. The Balaban J connectivity index is 2.17. The van der Waals surface area contributed by atoms with Crippen LogP contribution in [-0.2, 0) is 0 Å². The third kappa shape index (κ3) is 2.16. The van der Waals surface area contributed by atoms with Crippen molar-refractivity contribution >= 4 is 0 Å². The van der Waals surface area contributed by atoms with Crippen molar-refractivity contribution in [3.63, 3.8) is 0 Å². The van der Waals surface area contributed by atoms with Crippen LogP contribution in [0.15, 0.2) is 76.6 Å². The lowest BCUT2D eigenvalue weighted by Gasteiger charge is -2.08. The van der Waals surface area contributed by atoms with Crippen molar-refractivity contribution in [3.8, 4) is 11.6 Å². The highest BCUT2D eigenvalue weighted by molar-refractivity contribution is 5.32. The van der Waals surface area contributed by atoms with Gasteiger partial charge in [-0.05, 0) is 24.3 Å². The standard InChI is InChI=1S/C15H11N3O2/c19-14-8-1-3-10-17(14)12-6-5-7-13(16-12)18-11-4-2-9-15(18)20/h1-11H. The molecule has 0 fully saturated rings. The maximum Gasteiger partial charge on any atom is 0.256 e. The van der Waals surface area contributed by atoms with Crippen LogP contribution in [-0.4, -0.2) is 14.1 Å². The molecule has 0 saturated carbocycles. The summed E-state index contributed by atoms with van der Waals surface area (Å²) in [6, 6.07) is 15.0. The third-order valence-corrected chi connectivity index (χ3v) is 2.86. The van der Waals surface area contributed by atoms with Gasteiger partial charge in [0.05, 0.1) is 0 Å². The van der Waals surface area contributed by atoms with E-state index in [-0.39, 0.29) is 11.1 Å². The predicted molar refractivity (Wildman–Crippen MR) is 75.4 cm³/mol. The number of nitrogens with zero attached hydrogens (tertiary/aromatic N) is 3. The third-order valence-electron chi connectivity index (χ3n) is 2.86. The molecule has 0 amide bonds. The first-order valence-corrected chi connectivity index (χ1v) is 6.09. The number of hydrogen-bond acceptors (Lipinski definition) is 3. The minimum absolute atomic E-state index is 0.169. The summed E-state index contributed by atoms with van der Waals surface area (Å²) in [5.74, 6) is 0.952. The van der Waals surface area contributed by atoms with E-state index in [1.807, 2.05) is 0 Å². The molecule has 0 bridgehead atoms. The minimum atomic E-state index is -0.169. The van der Waals surface area contributed by atoms with E-state index in [1.54, 1.807) is 54.9 Å². The smallest absolute Gasteiger partial charge is 0.256 e. The normalized spacial score (nSPS) is 10.4. The molecule has 0 aliphatic carbocycles. The van der Waals surface area contributed by atoms with E-state index in [4.69, 9.17) is 0 Å². The van der Waals surface area contributed by atoms with Crippen LogP contribution >= 0.6 is 0 Å². The highest BCUT2D eigenvalue weighted by Crippen LogP contribution is 2.06. The summed E-state index contributed by atoms with van der Waals surface area (Å²) in [7, 11) is 0. The first-order valence-electron chi connectivity index (χ1n) is 6.09. The molecule has 3 heterocycles. The Hall–Kier alpha value is -2.95. The fraction of sp³-hybridized carbons (Fsp3) is 0. The van der Waals surface area contributed by atoms with Crippen LogP contribution in [0.25, 0.3) is 11.6 Å². The average molecular weight is 265 g/mol. The number of hydrogen-bond donors (Lipinski definition) is 0. The molecule has 0 unspecified atom stereocenters. The molecule has 0 saturated heterocycles. The van der Waals surface area contributed by atoms with Crippen LogP contribution in [0, 0.1) is 0 Å². The van der Waals surface area contributed by atoms with Crippen molar-refractivity contribution < 1.29 is 0 Å². The Morgan fingerprint density at radius 1 is 0.650 bits per heavy atom. The van der Waals surface area contributed by atoms with Crippen molar-refractivity contribution in [2.45, 2.75) is 0 Å². The molecule has 0 atom stereocenters. The Morgan fingerprint density at radius 2 is 1.15 bits per heavy atom. The van der Waals surface area contributed by atoms with Crippen LogP contribution < -0.4 is 11.1 Å². The van der Waals surface area contributed by atoms with Gasteiger partial charge in [-0.25, -0.2) is 4.98 Å². The lowest BCUT2D eigenvalue weighted by molar-refractivity contribution is 0.888. The van der Waals surface area contributed by atoms with Crippen molar-refractivity contribution in [2.75, 3.05) is 0 Å². The van der Waals surface area contributed by atoms with Gasteiger partial charge in [-0.3, -0.25) is 18.7 Å². The zero-order valence-corrected chi connectivity index (χ0v) is 10.5. The molecular formula is C15H11N3O2. The molecule has 0 aliphatic heterocycles. The van der Waals surface area contributed by atoms with Gasteiger partial charge in [0.25, 0.3) is 11.1 Å². The molecule has 5 heteroatoms. The van der Waals surface area contributed by atoms with Crippen LogP contribution in [0.3, 0.4) is 0 Å². The molecule has 20 heavy (non-hydrogen) atoms. The molecule has 3 aromatic heterocycles. The topological polar surface area (TPSA) is 56.9 Å². The second kappa shape index (κ2) is 4.97. The highest BCUT2D eigenvalue weighted by Gasteiger charge is 2.04. The summed E-state index contributed by atoms with van der Waals surface area (Å²) in [6.45, 7) is 0. The Kier molecular flexibility index (Phi) is 3.01. The fourth-order valence-electron chi connectivity index (χ4n) is 1.91. The fourth-order valence-corrected chi connectivity index (χ4v) is 1.91. The van der Waals surface area contributed by atoms with Crippen molar-refractivity contribution in [2.24, 2.45) is 0 Å². The maximum atomic E-state index is 11.8. The van der Waals surface area contributed by atoms with E-state index in [0.717, 1.165) is 0 Å². The monoisotopic (exact) mass is 265 g/mol. The zero-order valence-electron chi connectivity index (χ0n) is 10.5. The van der Waals surface area contributed by atoms with E-state index in [9.17, 15) is 9.59 Å². The van der Waals surface area contributed by atoms with E-state index < -0.39 is 0 Å². The molecule has 0 N–H and O–H groups in total. The van der Waals surface area contributed by atoms with Crippen LogP contribution in [0.1, 0.15) is 0 Å². The zero-order chi connectivity index (χ0) is 13.9. The van der Waals surface area contributed by atoms with E-state index >= 15 is 0 Å². The second-order valence-corrected chi connectivity index (χ2v) is 4.17. The molecule has 0 aliphatic rings. The molecule has 0 spiro atoms. The quantitative estimate of drug-likeness (QED) is 0.703. The van der Waals surface area contributed by atoms with Crippen LogP contribution in [0.4, 0.5) is 0 Å². The predicted octanol–water partition coefficient (Wildman–Crippen LogP) is 1.38. The second-order valence-electron chi connectivity index (χ2n) is 4.17. The molecule has 5 nitrogen and oxygen atoms in total. The molecule has 98 valence electrons. The number of aromatic nitrogens is 3. The summed E-state index contributed by atoms with van der Waals surface area (Å²) in [6.07, 6.45) is 3.28.